The van der Waals surface area contributed by atoms with E-state index in [1.165, 1.54) is 0 Å². The molecule has 10 heteroatoms. The van der Waals surface area contributed by atoms with E-state index in [4.69, 9.17) is 28.1 Å². The summed E-state index contributed by atoms with van der Waals surface area (Å²) in [6.45, 7) is 0. The predicted octanol–water partition coefficient (Wildman–Crippen LogP) is -3.99. The van der Waals surface area contributed by atoms with Crippen LogP contribution in [0.25, 0.3) is 0 Å². The summed E-state index contributed by atoms with van der Waals surface area (Å²) < 4.78 is 17.5. The second-order valence-corrected chi connectivity index (χ2v) is 1.70. The van der Waals surface area contributed by atoms with Crippen molar-refractivity contribution in [3.05, 3.63) is 0 Å². The summed E-state index contributed by atoms with van der Waals surface area (Å²) in [5.41, 5.74) is 0. The summed E-state index contributed by atoms with van der Waals surface area (Å²) in [6.07, 6.45) is 0. The molecule has 0 fully saturated rings. The molecular formula is H4AlLiO6Si2. The molecule has 0 heterocycles. The normalized spacial score (nSPS) is 4.80. The van der Waals surface area contributed by atoms with Crippen molar-refractivity contribution in [3.63, 3.8) is 0 Å². The zero-order valence-electron chi connectivity index (χ0n) is 5.18. The van der Waals surface area contributed by atoms with Gasteiger partial charge in [0.2, 0.25) is 0 Å². The molecule has 0 aromatic heterocycles. The van der Waals surface area contributed by atoms with Crippen molar-refractivity contribution < 1.29 is 28.1 Å². The topological polar surface area (TPSA) is 115 Å². The first-order chi connectivity index (χ1) is 3.46. The van der Waals surface area contributed by atoms with Crippen LogP contribution < -0.4 is 0 Å². The quantitative estimate of drug-likeness (QED) is 0.289. The van der Waals surface area contributed by atoms with Gasteiger partial charge in [0.15, 0.2) is 0 Å². The second-order valence-electron chi connectivity index (χ2n) is 0.565. The van der Waals surface area contributed by atoms with Crippen LogP contribution in [-0.4, -0.2) is 73.7 Å². The van der Waals surface area contributed by atoms with E-state index in [-0.39, 0.29) is 36.2 Å². The summed E-state index contributed by atoms with van der Waals surface area (Å²) in [6, 6.07) is 0. The molecule has 0 spiro atoms. The van der Waals surface area contributed by atoms with E-state index in [0.29, 0.717) is 0 Å². The van der Waals surface area contributed by atoms with Crippen molar-refractivity contribution in [2.75, 3.05) is 0 Å². The van der Waals surface area contributed by atoms with Crippen molar-refractivity contribution in [2.24, 2.45) is 0 Å². The van der Waals surface area contributed by atoms with Gasteiger partial charge in [0.05, 0.1) is 0 Å². The zero-order chi connectivity index (χ0) is 7.15. The summed E-state index contributed by atoms with van der Waals surface area (Å²) >= 11 is 0. The summed E-state index contributed by atoms with van der Waals surface area (Å²) in [5, 5.41) is 0. The summed E-state index contributed by atoms with van der Waals surface area (Å²) in [7, 11) is -6.26. The molecule has 0 aliphatic rings. The molecule has 0 aliphatic heterocycles. The summed E-state index contributed by atoms with van der Waals surface area (Å²) in [4.78, 5) is 28.6. The average molecular weight is 190 g/mol. The van der Waals surface area contributed by atoms with Gasteiger partial charge in [0.1, 0.15) is 0 Å². The van der Waals surface area contributed by atoms with Crippen LogP contribution in [0.15, 0.2) is 0 Å². The fraction of sp³-hybridized carbons (Fsp3) is 0. The molecule has 6 nitrogen and oxygen atoms in total. The van der Waals surface area contributed by atoms with Gasteiger partial charge >= 0.3 is 18.3 Å². The van der Waals surface area contributed by atoms with Gasteiger partial charge in [0, 0.05) is 36.2 Å². The number of rotatable bonds is 0. The van der Waals surface area contributed by atoms with Gasteiger partial charge in [-0.2, -0.15) is 0 Å². The van der Waals surface area contributed by atoms with Gasteiger partial charge in [-0.25, -0.2) is 0 Å². The van der Waals surface area contributed by atoms with Crippen molar-refractivity contribution in [1.29, 1.82) is 0 Å². The van der Waals surface area contributed by atoms with Gasteiger partial charge in [-0.15, -0.1) is 0 Å². The van der Waals surface area contributed by atoms with E-state index in [1.807, 2.05) is 0 Å². The largest absolute Gasteiger partial charge is 0.761 e. The Morgan fingerprint density at radius 1 is 0.800 bits per heavy atom. The third-order valence-electron chi connectivity index (χ3n) is 0. The molecule has 0 rings (SSSR count). The van der Waals surface area contributed by atoms with E-state index >= 15 is 0 Å². The van der Waals surface area contributed by atoms with Crippen molar-refractivity contribution in [1.82, 2.24) is 0 Å². The standard InChI is InChI=1S/Al.Li.2H2O3Si/c;;2*1-4(2)3/h;;2*1-2H. The van der Waals surface area contributed by atoms with Gasteiger partial charge in [-0.1, -0.05) is 0 Å². The smallest absolute Gasteiger partial charge is 0.511 e. The maximum atomic E-state index is 8.74. The van der Waals surface area contributed by atoms with Crippen LogP contribution in [0.2, 0.25) is 0 Å². The minimum Gasteiger partial charge on any atom is -0.511 e. The first kappa shape index (κ1) is 22.4. The Balaban J connectivity index is -0.0000000300. The van der Waals surface area contributed by atoms with E-state index in [1.54, 1.807) is 0 Å². The zero-order valence-corrected chi connectivity index (χ0v) is 8.34. The predicted molar refractivity (Wildman–Crippen MR) is 33.3 cm³/mol. The SMILES string of the molecule is O=[Si](O)O.O=[Si](O)O.[Al].[Li]. The van der Waals surface area contributed by atoms with Crippen LogP contribution in [0.3, 0.4) is 0 Å². The van der Waals surface area contributed by atoms with Crippen molar-refractivity contribution in [2.45, 2.75) is 0 Å². The fourth-order valence-corrected chi connectivity index (χ4v) is 0. The van der Waals surface area contributed by atoms with Crippen molar-refractivity contribution >= 4 is 54.6 Å². The van der Waals surface area contributed by atoms with E-state index in [0.717, 1.165) is 0 Å². The first-order valence-electron chi connectivity index (χ1n) is 1.30. The first-order valence-corrected chi connectivity index (χ1v) is 3.91. The van der Waals surface area contributed by atoms with E-state index < -0.39 is 18.3 Å². The Labute approximate surface area is 82.6 Å². The number of hydrogen-bond acceptors (Lipinski definition) is 2. The van der Waals surface area contributed by atoms with Crippen LogP contribution in [0, 0.1) is 0 Å². The average Bonchev–Trinajstić information content (AvgIpc) is 1.25. The van der Waals surface area contributed by atoms with Gasteiger partial charge in [-0.3, -0.25) is 8.92 Å². The Morgan fingerprint density at radius 3 is 0.800 bits per heavy atom. The van der Waals surface area contributed by atoms with Crippen molar-refractivity contribution in [3.8, 4) is 0 Å². The molecule has 0 saturated carbocycles. The van der Waals surface area contributed by atoms with Crippen LogP contribution >= 0.6 is 0 Å². The molecule has 0 aromatic carbocycles. The maximum absolute atomic E-state index is 8.74. The molecule has 10 heavy (non-hydrogen) atoms. The Hall–Kier alpha value is 0.364. The maximum Gasteiger partial charge on any atom is 0.761 e. The monoisotopic (exact) mass is 190 g/mol. The molecule has 4 radical (unpaired) electrons. The molecule has 0 amide bonds. The summed E-state index contributed by atoms with van der Waals surface area (Å²) in [5.74, 6) is 0. The minimum atomic E-state index is -3.13. The number of hydrogen-bond donors (Lipinski definition) is 4. The molecule has 0 aliphatic carbocycles. The molecule has 4 N–H and O–H groups in total. The molecular weight excluding hydrogens is 186 g/mol. The Kier molecular flexibility index (Phi) is 36.3. The Bertz CT molecular complexity index is 73.7. The molecule has 52 valence electrons. The van der Waals surface area contributed by atoms with Crippen LogP contribution in [0.1, 0.15) is 0 Å². The third kappa shape index (κ3) is 3430. The fourth-order valence-electron chi connectivity index (χ4n) is 0. The molecule has 0 bridgehead atoms. The van der Waals surface area contributed by atoms with Crippen LogP contribution in [0.5, 0.6) is 0 Å². The van der Waals surface area contributed by atoms with Gasteiger partial charge < -0.3 is 19.2 Å². The van der Waals surface area contributed by atoms with E-state index in [2.05, 4.69) is 0 Å². The second kappa shape index (κ2) is 16.2. The van der Waals surface area contributed by atoms with E-state index in [9.17, 15) is 0 Å². The molecule has 0 atom stereocenters. The van der Waals surface area contributed by atoms with Crippen LogP contribution in [-0.2, 0) is 8.92 Å². The molecule has 0 aromatic rings. The van der Waals surface area contributed by atoms with Crippen LogP contribution in [0.4, 0.5) is 0 Å². The third-order valence-corrected chi connectivity index (χ3v) is 0. The molecule has 0 saturated heterocycles. The Morgan fingerprint density at radius 2 is 0.800 bits per heavy atom. The van der Waals surface area contributed by atoms with Gasteiger partial charge in [0.25, 0.3) is 0 Å². The van der Waals surface area contributed by atoms with Gasteiger partial charge in [-0.05, 0) is 0 Å². The molecule has 0 unspecified atom stereocenters. The minimum absolute atomic E-state index is 0.